The quantitative estimate of drug-likeness (QED) is 0.775. The number of H-pyrrole nitrogens is 1. The molecule has 0 aliphatic heterocycles. The third-order valence-electron chi connectivity index (χ3n) is 1.51. The predicted octanol–water partition coefficient (Wildman–Crippen LogP) is 2.70. The Bertz CT molecular complexity index is 364. The lowest BCUT2D eigenvalue weighted by atomic mass is 10.2. The fourth-order valence-electron chi connectivity index (χ4n) is 0.901. The van der Waals surface area contributed by atoms with Crippen LogP contribution in [0, 0.1) is 0 Å². The van der Waals surface area contributed by atoms with E-state index in [1.54, 1.807) is 0 Å². The van der Waals surface area contributed by atoms with Crippen LogP contribution in [0.15, 0.2) is 11.0 Å². The van der Waals surface area contributed by atoms with Gasteiger partial charge in [-0.05, 0) is 0 Å². The molecule has 0 aliphatic rings. The highest BCUT2D eigenvalue weighted by Gasteiger charge is 2.18. The first-order valence-electron chi connectivity index (χ1n) is 3.32. The van der Waals surface area contributed by atoms with Gasteiger partial charge >= 0.3 is 0 Å². The summed E-state index contributed by atoms with van der Waals surface area (Å²) in [5, 5.41) is -0.260. The number of rotatable bonds is 2. The van der Waals surface area contributed by atoms with Gasteiger partial charge in [0.25, 0.3) is 6.43 Å². The molecule has 1 rings (SSSR count). The van der Waals surface area contributed by atoms with E-state index in [4.69, 9.17) is 23.2 Å². The molecule has 0 saturated heterocycles. The van der Waals surface area contributed by atoms with Crippen molar-refractivity contribution in [2.24, 2.45) is 0 Å². The Balaban J connectivity index is 3.42. The standard InChI is InChI=1S/C7H5Cl2F2NO/c8-1-4-5(7(10)11)6(13)3(9)2-12-4/h2,7H,1H2,(H,12,13). The second-order valence-corrected chi connectivity index (χ2v) is 2.97. The highest BCUT2D eigenvalue weighted by molar-refractivity contribution is 6.30. The van der Waals surface area contributed by atoms with Crippen molar-refractivity contribution in [3.8, 4) is 0 Å². The van der Waals surface area contributed by atoms with E-state index >= 15 is 0 Å². The van der Waals surface area contributed by atoms with Gasteiger partial charge in [0.15, 0.2) is 0 Å². The number of nitrogens with one attached hydrogen (secondary N) is 1. The first kappa shape index (κ1) is 10.5. The highest BCUT2D eigenvalue weighted by Crippen LogP contribution is 2.20. The van der Waals surface area contributed by atoms with E-state index in [0.717, 1.165) is 6.20 Å². The smallest absolute Gasteiger partial charge is 0.269 e. The number of hydrogen-bond donors (Lipinski definition) is 1. The van der Waals surface area contributed by atoms with Gasteiger partial charge in [-0.15, -0.1) is 11.6 Å². The number of aromatic amines is 1. The zero-order valence-electron chi connectivity index (χ0n) is 6.28. The molecule has 1 aromatic rings. The van der Waals surface area contributed by atoms with Crippen molar-refractivity contribution < 1.29 is 8.78 Å². The molecule has 6 heteroatoms. The van der Waals surface area contributed by atoms with Crippen LogP contribution in [0.1, 0.15) is 17.7 Å². The zero-order chi connectivity index (χ0) is 10.0. The molecule has 0 saturated carbocycles. The molecule has 0 spiro atoms. The van der Waals surface area contributed by atoms with Crippen molar-refractivity contribution >= 4 is 23.2 Å². The maximum Gasteiger partial charge on any atom is 0.269 e. The van der Waals surface area contributed by atoms with E-state index in [1.165, 1.54) is 0 Å². The fraction of sp³-hybridized carbons (Fsp3) is 0.286. The first-order chi connectivity index (χ1) is 6.07. The van der Waals surface area contributed by atoms with Crippen molar-refractivity contribution in [3.63, 3.8) is 0 Å². The summed E-state index contributed by atoms with van der Waals surface area (Å²) in [6.45, 7) is 0. The Hall–Kier alpha value is -0.610. The number of pyridine rings is 1. The molecule has 1 aromatic heterocycles. The number of halogens is 4. The summed E-state index contributed by atoms with van der Waals surface area (Å²) in [6, 6.07) is 0. The Labute approximate surface area is 82.5 Å². The van der Waals surface area contributed by atoms with Crippen LogP contribution in [0.4, 0.5) is 8.78 Å². The van der Waals surface area contributed by atoms with Gasteiger partial charge in [0.1, 0.15) is 5.02 Å². The van der Waals surface area contributed by atoms with E-state index in [-0.39, 0.29) is 16.6 Å². The van der Waals surface area contributed by atoms with Gasteiger partial charge in [-0.25, -0.2) is 8.78 Å². The summed E-state index contributed by atoms with van der Waals surface area (Å²) >= 11 is 10.7. The van der Waals surface area contributed by atoms with Gasteiger partial charge in [-0.3, -0.25) is 4.79 Å². The normalized spacial score (nSPS) is 10.8. The van der Waals surface area contributed by atoms with Gasteiger partial charge in [0.2, 0.25) is 5.43 Å². The van der Waals surface area contributed by atoms with Crippen LogP contribution in [0.5, 0.6) is 0 Å². The molecule has 1 heterocycles. The second kappa shape index (κ2) is 4.07. The third kappa shape index (κ3) is 2.00. The van der Waals surface area contributed by atoms with Crippen LogP contribution in [0.25, 0.3) is 0 Å². The van der Waals surface area contributed by atoms with Crippen LogP contribution in [-0.2, 0) is 5.88 Å². The molecule has 0 radical (unpaired) electrons. The lowest BCUT2D eigenvalue weighted by molar-refractivity contribution is 0.148. The summed E-state index contributed by atoms with van der Waals surface area (Å²) in [4.78, 5) is 13.5. The maximum atomic E-state index is 12.3. The van der Waals surface area contributed by atoms with Crippen LogP contribution < -0.4 is 5.43 Å². The topological polar surface area (TPSA) is 32.9 Å². The molecule has 0 aromatic carbocycles. The van der Waals surface area contributed by atoms with Gasteiger partial charge in [-0.1, -0.05) is 11.6 Å². The van der Waals surface area contributed by atoms with E-state index in [9.17, 15) is 13.6 Å². The van der Waals surface area contributed by atoms with E-state index in [1.807, 2.05) is 0 Å². The van der Waals surface area contributed by atoms with Crippen LogP contribution >= 0.6 is 23.2 Å². The van der Waals surface area contributed by atoms with Crippen LogP contribution in [0.2, 0.25) is 5.02 Å². The summed E-state index contributed by atoms with van der Waals surface area (Å²) in [6.07, 6.45) is -1.72. The van der Waals surface area contributed by atoms with Crippen molar-refractivity contribution in [2.45, 2.75) is 12.3 Å². The molecule has 0 amide bonds. The molecular formula is C7H5Cl2F2NO. The monoisotopic (exact) mass is 227 g/mol. The molecule has 0 unspecified atom stereocenters. The largest absolute Gasteiger partial charge is 0.362 e. The summed E-state index contributed by atoms with van der Waals surface area (Å²) in [5.74, 6) is -0.175. The van der Waals surface area contributed by atoms with Crippen molar-refractivity contribution in [1.82, 2.24) is 4.98 Å². The van der Waals surface area contributed by atoms with E-state index in [2.05, 4.69) is 4.98 Å². The average molecular weight is 228 g/mol. The molecular weight excluding hydrogens is 223 g/mol. The van der Waals surface area contributed by atoms with Gasteiger partial charge < -0.3 is 4.98 Å². The molecule has 72 valence electrons. The zero-order valence-corrected chi connectivity index (χ0v) is 7.79. The molecule has 0 atom stereocenters. The lowest BCUT2D eigenvalue weighted by Gasteiger charge is -2.04. The molecule has 13 heavy (non-hydrogen) atoms. The minimum atomic E-state index is -2.86. The van der Waals surface area contributed by atoms with E-state index < -0.39 is 17.4 Å². The van der Waals surface area contributed by atoms with E-state index in [0.29, 0.717) is 0 Å². The molecule has 0 bridgehead atoms. The summed E-state index contributed by atoms with van der Waals surface area (Å²) in [7, 11) is 0. The van der Waals surface area contributed by atoms with Gasteiger partial charge in [0, 0.05) is 11.9 Å². The number of hydrogen-bond acceptors (Lipinski definition) is 1. The maximum absolute atomic E-state index is 12.3. The minimum Gasteiger partial charge on any atom is -0.362 e. The summed E-state index contributed by atoms with van der Waals surface area (Å²) < 4.78 is 24.6. The highest BCUT2D eigenvalue weighted by atomic mass is 35.5. The van der Waals surface area contributed by atoms with Gasteiger partial charge in [0.05, 0.1) is 11.4 Å². The van der Waals surface area contributed by atoms with Crippen LogP contribution in [-0.4, -0.2) is 4.98 Å². The SMILES string of the molecule is O=c1c(Cl)c[nH]c(CCl)c1C(F)F. The van der Waals surface area contributed by atoms with Crippen molar-refractivity contribution in [3.05, 3.63) is 32.7 Å². The first-order valence-corrected chi connectivity index (χ1v) is 4.23. The van der Waals surface area contributed by atoms with Crippen molar-refractivity contribution in [2.75, 3.05) is 0 Å². The average Bonchev–Trinajstić information content (AvgIpc) is 2.08. The molecule has 2 nitrogen and oxygen atoms in total. The molecule has 0 fully saturated rings. The Morgan fingerprint density at radius 1 is 1.54 bits per heavy atom. The van der Waals surface area contributed by atoms with Gasteiger partial charge in [-0.2, -0.15) is 0 Å². The fourth-order valence-corrected chi connectivity index (χ4v) is 1.28. The number of alkyl halides is 3. The summed E-state index contributed by atoms with van der Waals surface area (Å²) in [5.41, 5.74) is -1.51. The molecule has 0 aliphatic carbocycles. The second-order valence-electron chi connectivity index (χ2n) is 2.29. The Morgan fingerprint density at radius 3 is 2.62 bits per heavy atom. The Morgan fingerprint density at radius 2 is 2.15 bits per heavy atom. The predicted molar refractivity (Wildman–Crippen MR) is 46.6 cm³/mol. The minimum absolute atomic E-state index is 0.00562. The lowest BCUT2D eigenvalue weighted by Crippen LogP contribution is -2.14. The van der Waals surface area contributed by atoms with Crippen LogP contribution in [0.3, 0.4) is 0 Å². The number of aromatic nitrogens is 1. The van der Waals surface area contributed by atoms with Crippen molar-refractivity contribution in [1.29, 1.82) is 0 Å². The molecule has 1 N–H and O–H groups in total. The Kier molecular flexibility index (Phi) is 3.27. The third-order valence-corrected chi connectivity index (χ3v) is 2.06.